The molecule has 6 heteroatoms. The molecule has 0 aliphatic carbocycles. The van der Waals surface area contributed by atoms with Crippen LogP contribution >= 0.6 is 0 Å². The molecule has 0 saturated carbocycles. The topological polar surface area (TPSA) is 81.7 Å². The van der Waals surface area contributed by atoms with Gasteiger partial charge in [-0.25, -0.2) is 4.79 Å². The number of unbranched alkanes of at least 4 members (excludes halogenated alkanes) is 4. The molecule has 0 aliphatic rings. The smallest absolute Gasteiger partial charge is 0.339 e. The highest BCUT2D eigenvalue weighted by Crippen LogP contribution is 2.29. The summed E-state index contributed by atoms with van der Waals surface area (Å²) in [7, 11) is 1.54. The molecular formula is C20H23NO5. The van der Waals surface area contributed by atoms with Gasteiger partial charge in [0.15, 0.2) is 5.58 Å². The van der Waals surface area contributed by atoms with Crippen LogP contribution in [0, 0.1) is 0 Å². The van der Waals surface area contributed by atoms with E-state index < -0.39 is 5.63 Å². The van der Waals surface area contributed by atoms with E-state index in [4.69, 9.17) is 9.15 Å². The first-order valence-electron chi connectivity index (χ1n) is 8.94. The molecule has 138 valence electrons. The van der Waals surface area contributed by atoms with Crippen molar-refractivity contribution in [2.75, 3.05) is 7.11 Å². The van der Waals surface area contributed by atoms with Crippen molar-refractivity contribution >= 4 is 21.9 Å². The molecule has 0 aliphatic heterocycles. The first-order valence-corrected chi connectivity index (χ1v) is 8.94. The van der Waals surface area contributed by atoms with Crippen molar-refractivity contribution in [3.05, 3.63) is 45.0 Å². The highest BCUT2D eigenvalue weighted by molar-refractivity contribution is 6.04. The lowest BCUT2D eigenvalue weighted by Crippen LogP contribution is -2.22. The molecule has 0 radical (unpaired) electrons. The average molecular weight is 357 g/mol. The lowest BCUT2D eigenvalue weighted by molar-refractivity contribution is 0.415. The van der Waals surface area contributed by atoms with Gasteiger partial charge in [-0.1, -0.05) is 32.6 Å². The van der Waals surface area contributed by atoms with Gasteiger partial charge in [-0.3, -0.25) is 4.79 Å². The lowest BCUT2D eigenvalue weighted by atomic mass is 10.1. The quantitative estimate of drug-likeness (QED) is 0.514. The summed E-state index contributed by atoms with van der Waals surface area (Å²) >= 11 is 0. The molecule has 2 heterocycles. The molecule has 26 heavy (non-hydrogen) atoms. The molecule has 0 fully saturated rings. The Kier molecular flexibility index (Phi) is 5.30. The third kappa shape index (κ3) is 3.31. The van der Waals surface area contributed by atoms with Gasteiger partial charge < -0.3 is 18.8 Å². The third-order valence-corrected chi connectivity index (χ3v) is 4.62. The third-order valence-electron chi connectivity index (χ3n) is 4.62. The molecule has 0 bridgehead atoms. The molecule has 0 amide bonds. The number of aromatic nitrogens is 1. The Morgan fingerprint density at radius 2 is 1.88 bits per heavy atom. The van der Waals surface area contributed by atoms with Crippen molar-refractivity contribution in [3.8, 4) is 11.5 Å². The van der Waals surface area contributed by atoms with Gasteiger partial charge in [-0.2, -0.15) is 0 Å². The monoisotopic (exact) mass is 357 g/mol. The highest BCUT2D eigenvalue weighted by Gasteiger charge is 2.17. The zero-order chi connectivity index (χ0) is 18.7. The summed E-state index contributed by atoms with van der Waals surface area (Å²) in [4.78, 5) is 24.7. The second-order valence-corrected chi connectivity index (χ2v) is 6.41. The molecule has 3 aromatic rings. The van der Waals surface area contributed by atoms with Crippen LogP contribution in [0.15, 0.2) is 38.3 Å². The van der Waals surface area contributed by atoms with Gasteiger partial charge in [0.1, 0.15) is 16.9 Å². The van der Waals surface area contributed by atoms with E-state index in [9.17, 15) is 14.7 Å². The fraction of sp³-hybridized carbons (Fsp3) is 0.400. The van der Waals surface area contributed by atoms with Gasteiger partial charge in [-0.15, -0.1) is 0 Å². The van der Waals surface area contributed by atoms with Crippen LogP contribution in [0.3, 0.4) is 0 Å². The van der Waals surface area contributed by atoms with Crippen molar-refractivity contribution in [1.29, 1.82) is 0 Å². The predicted molar refractivity (Wildman–Crippen MR) is 101 cm³/mol. The van der Waals surface area contributed by atoms with E-state index >= 15 is 0 Å². The summed E-state index contributed by atoms with van der Waals surface area (Å²) in [5, 5.41) is 10.8. The summed E-state index contributed by atoms with van der Waals surface area (Å²) < 4.78 is 12.2. The summed E-state index contributed by atoms with van der Waals surface area (Å²) in [6, 6.07) is 6.20. The largest absolute Gasteiger partial charge is 0.507 e. The standard InChI is InChI=1S/C20H23NO5/c1-3-4-5-6-7-10-21-15-9-8-13(25-2)11-14(15)19-18(20(21)24)16(22)12-17(23)26-19/h8-9,11-12,22H,3-7,10H2,1-2H3. The maximum Gasteiger partial charge on any atom is 0.339 e. The first-order chi connectivity index (χ1) is 12.6. The Morgan fingerprint density at radius 1 is 1.12 bits per heavy atom. The summed E-state index contributed by atoms with van der Waals surface area (Å²) in [6.45, 7) is 2.70. The van der Waals surface area contributed by atoms with E-state index in [1.807, 2.05) is 0 Å². The Morgan fingerprint density at radius 3 is 2.62 bits per heavy atom. The SMILES string of the molecule is CCCCCCCn1c(=O)c2c(O)cc(=O)oc2c2cc(OC)ccc21. The second-order valence-electron chi connectivity index (χ2n) is 6.41. The van der Waals surface area contributed by atoms with Crippen molar-refractivity contribution in [2.45, 2.75) is 45.6 Å². The second kappa shape index (κ2) is 7.64. The van der Waals surface area contributed by atoms with Crippen LogP contribution in [0.2, 0.25) is 0 Å². The van der Waals surface area contributed by atoms with Crippen LogP contribution in [0.4, 0.5) is 0 Å². The number of rotatable bonds is 7. The number of hydrogen-bond donors (Lipinski definition) is 1. The van der Waals surface area contributed by atoms with Gasteiger partial charge in [0.2, 0.25) is 0 Å². The van der Waals surface area contributed by atoms with Gasteiger partial charge in [0, 0.05) is 11.9 Å². The zero-order valence-electron chi connectivity index (χ0n) is 15.1. The minimum absolute atomic E-state index is 0.0268. The van der Waals surface area contributed by atoms with Crippen LogP contribution in [0.1, 0.15) is 39.0 Å². The molecule has 0 unspecified atom stereocenters. The number of benzene rings is 1. The van der Waals surface area contributed by atoms with Crippen molar-refractivity contribution < 1.29 is 14.3 Å². The summed E-state index contributed by atoms with van der Waals surface area (Å²) in [5.41, 5.74) is -0.297. The van der Waals surface area contributed by atoms with E-state index in [1.165, 1.54) is 6.42 Å². The van der Waals surface area contributed by atoms with Gasteiger partial charge in [0.05, 0.1) is 18.7 Å². The Balaban J connectivity index is 2.20. The highest BCUT2D eigenvalue weighted by atomic mass is 16.5. The van der Waals surface area contributed by atoms with Crippen LogP contribution in [0.25, 0.3) is 21.9 Å². The number of ether oxygens (including phenoxy) is 1. The Bertz CT molecular complexity index is 1050. The van der Waals surface area contributed by atoms with Crippen LogP contribution < -0.4 is 15.9 Å². The van der Waals surface area contributed by atoms with Crippen molar-refractivity contribution in [3.63, 3.8) is 0 Å². The van der Waals surface area contributed by atoms with Crippen LogP contribution in [-0.2, 0) is 6.54 Å². The van der Waals surface area contributed by atoms with Gasteiger partial charge in [-0.05, 0) is 24.6 Å². The maximum atomic E-state index is 13.0. The van der Waals surface area contributed by atoms with Crippen LogP contribution in [-0.4, -0.2) is 16.8 Å². The lowest BCUT2D eigenvalue weighted by Gasteiger charge is -2.13. The summed E-state index contributed by atoms with van der Waals surface area (Å²) in [5.74, 6) is 0.226. The fourth-order valence-corrected chi connectivity index (χ4v) is 3.28. The number of hydrogen-bond acceptors (Lipinski definition) is 5. The van der Waals surface area contributed by atoms with E-state index in [1.54, 1.807) is 29.9 Å². The number of pyridine rings is 1. The normalized spacial score (nSPS) is 11.3. The van der Waals surface area contributed by atoms with E-state index in [-0.39, 0.29) is 22.3 Å². The minimum atomic E-state index is -0.698. The average Bonchev–Trinajstić information content (AvgIpc) is 2.63. The predicted octanol–water partition coefficient (Wildman–Crippen LogP) is 3.79. The molecule has 2 aromatic heterocycles. The number of aromatic hydroxyl groups is 1. The summed E-state index contributed by atoms with van der Waals surface area (Å²) in [6.07, 6.45) is 5.36. The molecule has 0 spiro atoms. The Hall–Kier alpha value is -2.76. The maximum absolute atomic E-state index is 13.0. The minimum Gasteiger partial charge on any atom is -0.507 e. The van der Waals surface area contributed by atoms with Gasteiger partial charge >= 0.3 is 5.63 Å². The van der Waals surface area contributed by atoms with Gasteiger partial charge in [0.25, 0.3) is 5.56 Å². The van der Waals surface area contributed by atoms with Crippen molar-refractivity contribution in [1.82, 2.24) is 4.57 Å². The van der Waals surface area contributed by atoms with E-state index in [2.05, 4.69) is 6.92 Å². The number of fused-ring (bicyclic) bond motifs is 3. The van der Waals surface area contributed by atoms with E-state index in [0.717, 1.165) is 31.7 Å². The van der Waals surface area contributed by atoms with Crippen molar-refractivity contribution in [2.24, 2.45) is 0 Å². The number of aryl methyl sites for hydroxylation is 1. The molecule has 1 aromatic carbocycles. The number of methoxy groups -OCH3 is 1. The van der Waals surface area contributed by atoms with Crippen LogP contribution in [0.5, 0.6) is 11.5 Å². The molecule has 1 N–H and O–H groups in total. The first kappa shape index (κ1) is 18.0. The number of nitrogens with zero attached hydrogens (tertiary/aromatic N) is 1. The molecule has 0 saturated heterocycles. The zero-order valence-corrected chi connectivity index (χ0v) is 15.1. The Labute approximate surface area is 150 Å². The molecule has 6 nitrogen and oxygen atoms in total. The van der Waals surface area contributed by atoms with E-state index in [0.29, 0.717) is 23.2 Å². The fourth-order valence-electron chi connectivity index (χ4n) is 3.28. The molecule has 0 atom stereocenters. The molecular weight excluding hydrogens is 334 g/mol. The molecule has 3 rings (SSSR count).